The number of rotatable bonds is 5. The molecule has 0 aliphatic carbocycles. The van der Waals surface area contributed by atoms with Crippen LogP contribution >= 0.6 is 0 Å². The molecule has 0 amide bonds. The second-order valence-corrected chi connectivity index (χ2v) is 19.1. The standard InChI is InChI=1S/C49H57N3O/c1-46(2,3)33-23-34(47(4,5)6)25-37(24-33)50-21-22-51(32-50)38-26-35(48(7,8)9)28-40(30-38)53-41-29-36(49(10,11)12)27-39(31-41)52-44-19-15-13-17-42(44)43-18-14-16-20-45(43)52/h13-31H,32H2,1-12H3. The maximum absolute atomic E-state index is 6.95. The SMILES string of the molecule is CC(C)(C)c1cc(Oc2cc(-n3c4ccccc4c4ccccc43)cc(C(C)(C)C)c2)cc(N2C=CN(c3cc(C(C)(C)C)cc(C(C)(C)C)c3)C2)c1. The first kappa shape index (κ1) is 36.4. The van der Waals surface area contributed by atoms with Crippen molar-refractivity contribution in [3.63, 3.8) is 0 Å². The fraction of sp³-hybridized carbons (Fsp3) is 0.347. The van der Waals surface area contributed by atoms with Gasteiger partial charge < -0.3 is 19.1 Å². The van der Waals surface area contributed by atoms with Gasteiger partial charge in [0, 0.05) is 46.7 Å². The molecule has 0 unspecified atom stereocenters. The molecule has 0 atom stereocenters. The summed E-state index contributed by atoms with van der Waals surface area (Å²) in [6.45, 7) is 28.1. The van der Waals surface area contributed by atoms with Gasteiger partial charge in [-0.2, -0.15) is 0 Å². The average molecular weight is 704 g/mol. The van der Waals surface area contributed by atoms with Crippen LogP contribution < -0.4 is 14.5 Å². The summed E-state index contributed by atoms with van der Waals surface area (Å²) in [5.74, 6) is 1.67. The van der Waals surface area contributed by atoms with Crippen LogP contribution in [-0.4, -0.2) is 11.2 Å². The molecule has 0 N–H and O–H groups in total. The van der Waals surface area contributed by atoms with Crippen LogP contribution in [0, 0.1) is 0 Å². The third-order valence-corrected chi connectivity index (χ3v) is 10.6. The van der Waals surface area contributed by atoms with Crippen molar-refractivity contribution in [1.82, 2.24) is 4.57 Å². The van der Waals surface area contributed by atoms with Gasteiger partial charge in [0.2, 0.25) is 0 Å². The molecule has 1 aliphatic heterocycles. The summed E-state index contributed by atoms with van der Waals surface area (Å²) in [5.41, 5.74) is 11.0. The van der Waals surface area contributed by atoms with E-state index in [0.717, 1.165) is 29.5 Å². The van der Waals surface area contributed by atoms with Gasteiger partial charge in [-0.25, -0.2) is 0 Å². The van der Waals surface area contributed by atoms with Crippen molar-refractivity contribution >= 4 is 33.2 Å². The Morgan fingerprint density at radius 1 is 0.415 bits per heavy atom. The molecule has 0 saturated heterocycles. The van der Waals surface area contributed by atoms with Gasteiger partial charge in [0.25, 0.3) is 0 Å². The van der Waals surface area contributed by atoms with E-state index in [0.29, 0.717) is 0 Å². The van der Waals surface area contributed by atoms with Gasteiger partial charge in [0.1, 0.15) is 11.5 Å². The molecule has 274 valence electrons. The maximum atomic E-state index is 6.95. The Morgan fingerprint density at radius 2 is 0.774 bits per heavy atom. The van der Waals surface area contributed by atoms with E-state index in [2.05, 4.69) is 213 Å². The number of hydrogen-bond donors (Lipinski definition) is 0. The lowest BCUT2D eigenvalue weighted by Crippen LogP contribution is -2.26. The van der Waals surface area contributed by atoms with E-state index in [1.54, 1.807) is 0 Å². The van der Waals surface area contributed by atoms with E-state index >= 15 is 0 Å². The second kappa shape index (κ2) is 12.9. The highest BCUT2D eigenvalue weighted by Crippen LogP contribution is 2.40. The van der Waals surface area contributed by atoms with E-state index in [4.69, 9.17) is 4.74 Å². The number of fused-ring (bicyclic) bond motifs is 3. The molecule has 6 aromatic rings. The van der Waals surface area contributed by atoms with Gasteiger partial charge in [-0.05, 0) is 92.4 Å². The van der Waals surface area contributed by atoms with E-state index < -0.39 is 0 Å². The summed E-state index contributed by atoms with van der Waals surface area (Å²) < 4.78 is 9.34. The van der Waals surface area contributed by atoms with Crippen molar-refractivity contribution in [3.05, 3.63) is 138 Å². The Kier molecular flexibility index (Phi) is 8.84. The molecule has 7 rings (SSSR count). The number of para-hydroxylation sites is 2. The fourth-order valence-electron chi connectivity index (χ4n) is 7.18. The highest BCUT2D eigenvalue weighted by molar-refractivity contribution is 6.09. The van der Waals surface area contributed by atoms with E-state index in [1.165, 1.54) is 49.7 Å². The summed E-state index contributed by atoms with van der Waals surface area (Å²) in [6, 6.07) is 38.0. The first-order chi connectivity index (χ1) is 24.8. The smallest absolute Gasteiger partial charge is 0.129 e. The quantitative estimate of drug-likeness (QED) is 0.178. The number of hydrogen-bond acceptors (Lipinski definition) is 3. The molecule has 1 aliphatic rings. The molecule has 4 heteroatoms. The lowest BCUT2D eigenvalue weighted by atomic mass is 9.80. The van der Waals surface area contributed by atoms with Crippen LogP contribution in [0.2, 0.25) is 0 Å². The monoisotopic (exact) mass is 703 g/mol. The molecule has 0 radical (unpaired) electrons. The third kappa shape index (κ3) is 7.34. The van der Waals surface area contributed by atoms with Crippen LogP contribution in [0.15, 0.2) is 116 Å². The summed E-state index contributed by atoms with van der Waals surface area (Å²) in [5, 5.41) is 2.50. The molecule has 53 heavy (non-hydrogen) atoms. The molecule has 0 spiro atoms. The summed E-state index contributed by atoms with van der Waals surface area (Å²) in [6.07, 6.45) is 4.41. The van der Waals surface area contributed by atoms with Crippen LogP contribution in [0.5, 0.6) is 11.5 Å². The molecule has 0 saturated carbocycles. The number of nitrogens with zero attached hydrogens (tertiary/aromatic N) is 3. The highest BCUT2D eigenvalue weighted by Gasteiger charge is 2.26. The highest BCUT2D eigenvalue weighted by atomic mass is 16.5. The number of ether oxygens (including phenoxy) is 1. The Balaban J connectivity index is 1.28. The molecule has 0 fully saturated rings. The minimum Gasteiger partial charge on any atom is -0.457 e. The topological polar surface area (TPSA) is 20.6 Å². The van der Waals surface area contributed by atoms with Gasteiger partial charge in [0.05, 0.1) is 23.4 Å². The van der Waals surface area contributed by atoms with E-state index in [1.807, 2.05) is 0 Å². The Labute approximate surface area is 317 Å². The van der Waals surface area contributed by atoms with Crippen molar-refractivity contribution < 1.29 is 4.74 Å². The maximum Gasteiger partial charge on any atom is 0.129 e. The van der Waals surface area contributed by atoms with Crippen LogP contribution in [0.25, 0.3) is 27.5 Å². The van der Waals surface area contributed by atoms with Gasteiger partial charge in [-0.15, -0.1) is 0 Å². The number of benzene rings is 5. The first-order valence-corrected chi connectivity index (χ1v) is 19.1. The lowest BCUT2D eigenvalue weighted by Gasteiger charge is -2.29. The zero-order valence-corrected chi connectivity index (χ0v) is 33.9. The summed E-state index contributed by atoms with van der Waals surface area (Å²) >= 11 is 0. The van der Waals surface area contributed by atoms with Crippen LogP contribution in [0.4, 0.5) is 11.4 Å². The second-order valence-electron chi connectivity index (χ2n) is 19.1. The number of anilines is 2. The molecular formula is C49H57N3O. The Hall–Kier alpha value is -4.96. The zero-order chi connectivity index (χ0) is 38.1. The molecule has 2 heterocycles. The van der Waals surface area contributed by atoms with Crippen molar-refractivity contribution in [3.8, 4) is 17.2 Å². The Morgan fingerprint density at radius 3 is 1.21 bits per heavy atom. The zero-order valence-electron chi connectivity index (χ0n) is 33.9. The van der Waals surface area contributed by atoms with Gasteiger partial charge in [0.15, 0.2) is 0 Å². The van der Waals surface area contributed by atoms with E-state index in [-0.39, 0.29) is 21.7 Å². The van der Waals surface area contributed by atoms with Crippen LogP contribution in [-0.2, 0) is 21.7 Å². The number of aromatic nitrogens is 1. The average Bonchev–Trinajstić information content (AvgIpc) is 3.70. The first-order valence-electron chi connectivity index (χ1n) is 19.1. The van der Waals surface area contributed by atoms with Crippen LogP contribution in [0.1, 0.15) is 105 Å². The molecule has 4 nitrogen and oxygen atoms in total. The fourth-order valence-corrected chi connectivity index (χ4v) is 7.18. The van der Waals surface area contributed by atoms with Crippen molar-refractivity contribution in [1.29, 1.82) is 0 Å². The third-order valence-electron chi connectivity index (χ3n) is 10.6. The predicted octanol–water partition coefficient (Wildman–Crippen LogP) is 13.5. The summed E-state index contributed by atoms with van der Waals surface area (Å²) in [7, 11) is 0. The molecular weight excluding hydrogens is 647 g/mol. The Bertz CT molecular complexity index is 2260. The van der Waals surface area contributed by atoms with E-state index in [9.17, 15) is 0 Å². The van der Waals surface area contributed by atoms with Crippen molar-refractivity contribution in [2.45, 2.75) is 105 Å². The minimum absolute atomic E-state index is 0.0537. The molecule has 5 aromatic carbocycles. The van der Waals surface area contributed by atoms with Gasteiger partial charge in [-0.3, -0.25) is 0 Å². The predicted molar refractivity (Wildman–Crippen MR) is 228 cm³/mol. The van der Waals surface area contributed by atoms with Gasteiger partial charge >= 0.3 is 0 Å². The van der Waals surface area contributed by atoms with Gasteiger partial charge in [-0.1, -0.05) is 126 Å². The largest absolute Gasteiger partial charge is 0.457 e. The molecule has 1 aromatic heterocycles. The minimum atomic E-state index is -0.0771. The lowest BCUT2D eigenvalue weighted by molar-refractivity contribution is 0.474. The van der Waals surface area contributed by atoms with Crippen molar-refractivity contribution in [2.24, 2.45) is 0 Å². The normalized spacial score (nSPS) is 14.2. The summed E-state index contributed by atoms with van der Waals surface area (Å²) in [4.78, 5) is 4.69. The van der Waals surface area contributed by atoms with Crippen LogP contribution in [0.3, 0.4) is 0 Å². The molecule has 0 bridgehead atoms. The van der Waals surface area contributed by atoms with Crippen molar-refractivity contribution in [2.75, 3.05) is 16.5 Å².